The molecule has 3 heteroatoms. The van der Waals surface area contributed by atoms with Crippen molar-refractivity contribution in [3.05, 3.63) is 64.3 Å². The molecule has 1 radical (unpaired) electrons. The standard InChI is InChI=1S/C20H19BrNO/c1-2-5-18-20-17(10-11-23-18)16-9-4-8-15(19(16)22-20)13-6-3-7-14(21)12-13/h3-4,6-9,12,22H,2,5,10-11H2,1H3. The molecule has 1 aromatic heterocycles. The van der Waals surface area contributed by atoms with Gasteiger partial charge in [0.1, 0.15) is 6.10 Å². The average Bonchev–Trinajstić information content (AvgIpc) is 2.95. The first-order valence-electron chi connectivity index (χ1n) is 8.16. The second kappa shape index (κ2) is 6.14. The number of hydrogen-bond donors (Lipinski definition) is 1. The van der Waals surface area contributed by atoms with Gasteiger partial charge in [0.05, 0.1) is 17.8 Å². The molecule has 0 fully saturated rings. The topological polar surface area (TPSA) is 25.0 Å². The Morgan fingerprint density at radius 2 is 2.04 bits per heavy atom. The van der Waals surface area contributed by atoms with Crippen LogP contribution in [0.15, 0.2) is 46.9 Å². The fourth-order valence-corrected chi connectivity index (χ4v) is 3.84. The highest BCUT2D eigenvalue weighted by molar-refractivity contribution is 9.10. The normalized spacial score (nSPS) is 15.0. The first-order valence-corrected chi connectivity index (χ1v) is 8.95. The molecule has 0 spiro atoms. The molecule has 117 valence electrons. The summed E-state index contributed by atoms with van der Waals surface area (Å²) in [6, 6.07) is 15.0. The first kappa shape index (κ1) is 15.0. The number of para-hydroxylation sites is 1. The molecule has 2 heterocycles. The van der Waals surface area contributed by atoms with E-state index in [0.29, 0.717) is 0 Å². The zero-order valence-electron chi connectivity index (χ0n) is 13.2. The van der Waals surface area contributed by atoms with Gasteiger partial charge < -0.3 is 9.72 Å². The molecule has 0 unspecified atom stereocenters. The van der Waals surface area contributed by atoms with Crippen molar-refractivity contribution in [2.24, 2.45) is 0 Å². The number of rotatable bonds is 3. The molecule has 0 aliphatic carbocycles. The maximum Gasteiger partial charge on any atom is 0.142 e. The first-order chi connectivity index (χ1) is 11.3. The Balaban J connectivity index is 1.91. The van der Waals surface area contributed by atoms with Crippen LogP contribution in [0, 0.1) is 6.10 Å². The van der Waals surface area contributed by atoms with Gasteiger partial charge in [-0.05, 0) is 36.1 Å². The zero-order chi connectivity index (χ0) is 15.8. The van der Waals surface area contributed by atoms with Crippen LogP contribution in [0.5, 0.6) is 0 Å². The van der Waals surface area contributed by atoms with Crippen molar-refractivity contribution in [1.29, 1.82) is 0 Å². The van der Waals surface area contributed by atoms with Gasteiger partial charge in [0.15, 0.2) is 0 Å². The molecular formula is C20H19BrNO. The number of hydrogen-bond acceptors (Lipinski definition) is 1. The maximum absolute atomic E-state index is 5.92. The molecule has 3 aromatic rings. The number of ether oxygens (including phenoxy) is 1. The van der Waals surface area contributed by atoms with Gasteiger partial charge in [0.25, 0.3) is 0 Å². The van der Waals surface area contributed by atoms with Crippen molar-refractivity contribution in [2.75, 3.05) is 6.61 Å². The maximum atomic E-state index is 5.92. The van der Waals surface area contributed by atoms with Crippen LogP contribution in [0.1, 0.15) is 31.0 Å². The summed E-state index contributed by atoms with van der Waals surface area (Å²) in [5.74, 6) is 0. The number of nitrogens with one attached hydrogen (secondary N) is 1. The van der Waals surface area contributed by atoms with Gasteiger partial charge in [0, 0.05) is 15.4 Å². The van der Waals surface area contributed by atoms with Crippen molar-refractivity contribution >= 4 is 26.8 Å². The zero-order valence-corrected chi connectivity index (χ0v) is 14.7. The van der Waals surface area contributed by atoms with E-state index in [1.54, 1.807) is 0 Å². The molecule has 2 aromatic carbocycles. The van der Waals surface area contributed by atoms with E-state index in [-0.39, 0.29) is 0 Å². The summed E-state index contributed by atoms with van der Waals surface area (Å²) < 4.78 is 7.02. The van der Waals surface area contributed by atoms with Gasteiger partial charge in [0.2, 0.25) is 0 Å². The summed E-state index contributed by atoms with van der Waals surface area (Å²) in [7, 11) is 0. The molecular weight excluding hydrogens is 350 g/mol. The molecule has 2 nitrogen and oxygen atoms in total. The minimum atomic E-state index is 0.788. The number of benzene rings is 2. The summed E-state index contributed by atoms with van der Waals surface area (Å²) in [5.41, 5.74) is 6.30. The van der Waals surface area contributed by atoms with Crippen LogP contribution in [0.3, 0.4) is 0 Å². The number of aromatic nitrogens is 1. The smallest absolute Gasteiger partial charge is 0.142 e. The number of halogens is 1. The van der Waals surface area contributed by atoms with Crippen LogP contribution in [-0.4, -0.2) is 11.6 Å². The van der Waals surface area contributed by atoms with Crippen LogP contribution < -0.4 is 0 Å². The lowest BCUT2D eigenvalue weighted by Crippen LogP contribution is -2.16. The highest BCUT2D eigenvalue weighted by atomic mass is 79.9. The summed E-state index contributed by atoms with van der Waals surface area (Å²) in [6.45, 7) is 2.98. The van der Waals surface area contributed by atoms with Crippen molar-refractivity contribution in [1.82, 2.24) is 4.98 Å². The summed E-state index contributed by atoms with van der Waals surface area (Å²) in [6.07, 6.45) is 4.18. The van der Waals surface area contributed by atoms with Gasteiger partial charge in [-0.1, -0.05) is 59.6 Å². The van der Waals surface area contributed by atoms with E-state index in [2.05, 4.69) is 70.3 Å². The molecule has 0 saturated heterocycles. The average molecular weight is 369 g/mol. The van der Waals surface area contributed by atoms with E-state index in [1.807, 2.05) is 0 Å². The van der Waals surface area contributed by atoms with E-state index in [1.165, 1.54) is 33.3 Å². The molecule has 0 saturated carbocycles. The Morgan fingerprint density at radius 3 is 2.87 bits per heavy atom. The Morgan fingerprint density at radius 1 is 1.17 bits per heavy atom. The van der Waals surface area contributed by atoms with Crippen LogP contribution in [0.2, 0.25) is 0 Å². The van der Waals surface area contributed by atoms with Crippen molar-refractivity contribution in [3.63, 3.8) is 0 Å². The molecule has 1 N–H and O–H groups in total. The Kier molecular flexibility index (Phi) is 4.00. The SMILES string of the molecule is CCC[C]1OCCc2c1[nH]c1c(-c3cccc(Br)c3)cccc21. The van der Waals surface area contributed by atoms with Gasteiger partial charge in [-0.3, -0.25) is 0 Å². The molecule has 4 rings (SSSR count). The second-order valence-electron chi connectivity index (χ2n) is 5.99. The lowest BCUT2D eigenvalue weighted by molar-refractivity contribution is 0.140. The minimum absolute atomic E-state index is 0.788. The summed E-state index contributed by atoms with van der Waals surface area (Å²) >= 11 is 3.58. The largest absolute Gasteiger partial charge is 0.365 e. The molecule has 1 aliphatic heterocycles. The van der Waals surface area contributed by atoms with E-state index in [4.69, 9.17) is 4.74 Å². The molecule has 1 aliphatic rings. The van der Waals surface area contributed by atoms with Gasteiger partial charge in [-0.25, -0.2) is 0 Å². The van der Waals surface area contributed by atoms with Crippen molar-refractivity contribution in [2.45, 2.75) is 26.2 Å². The third-order valence-electron chi connectivity index (χ3n) is 4.46. The predicted molar refractivity (Wildman–Crippen MR) is 98.3 cm³/mol. The second-order valence-corrected chi connectivity index (χ2v) is 6.90. The Bertz CT molecular complexity index is 852. The van der Waals surface area contributed by atoms with E-state index in [9.17, 15) is 0 Å². The fraction of sp³-hybridized carbons (Fsp3) is 0.250. The molecule has 0 bridgehead atoms. The Hall–Kier alpha value is -1.58. The number of aromatic amines is 1. The van der Waals surface area contributed by atoms with Crippen molar-refractivity contribution < 1.29 is 4.74 Å². The monoisotopic (exact) mass is 368 g/mol. The highest BCUT2D eigenvalue weighted by Crippen LogP contribution is 2.38. The van der Waals surface area contributed by atoms with E-state index >= 15 is 0 Å². The number of fused-ring (bicyclic) bond motifs is 3. The van der Waals surface area contributed by atoms with Crippen LogP contribution in [0.25, 0.3) is 22.0 Å². The van der Waals surface area contributed by atoms with Gasteiger partial charge in [-0.2, -0.15) is 0 Å². The third kappa shape index (κ3) is 2.62. The predicted octanol–water partition coefficient (Wildman–Crippen LogP) is 5.85. The van der Waals surface area contributed by atoms with Crippen LogP contribution in [-0.2, 0) is 11.2 Å². The number of H-pyrrole nitrogens is 1. The fourth-order valence-electron chi connectivity index (χ4n) is 3.44. The quantitative estimate of drug-likeness (QED) is 0.615. The highest BCUT2D eigenvalue weighted by Gasteiger charge is 2.26. The molecule has 0 atom stereocenters. The molecule has 0 amide bonds. The van der Waals surface area contributed by atoms with E-state index in [0.717, 1.165) is 36.4 Å². The summed E-state index contributed by atoms with van der Waals surface area (Å²) in [4.78, 5) is 3.66. The third-order valence-corrected chi connectivity index (χ3v) is 4.95. The van der Waals surface area contributed by atoms with Crippen LogP contribution in [0.4, 0.5) is 0 Å². The minimum Gasteiger partial charge on any atom is -0.365 e. The Labute approximate surface area is 145 Å². The van der Waals surface area contributed by atoms with Gasteiger partial charge >= 0.3 is 0 Å². The lowest BCUT2D eigenvalue weighted by Gasteiger charge is -2.21. The van der Waals surface area contributed by atoms with Gasteiger partial charge in [-0.15, -0.1) is 0 Å². The summed E-state index contributed by atoms with van der Waals surface area (Å²) in [5, 5.41) is 1.33. The lowest BCUT2D eigenvalue weighted by atomic mass is 9.98. The molecule has 23 heavy (non-hydrogen) atoms. The van der Waals surface area contributed by atoms with Crippen molar-refractivity contribution in [3.8, 4) is 11.1 Å². The van der Waals surface area contributed by atoms with Crippen LogP contribution >= 0.6 is 15.9 Å². The van der Waals surface area contributed by atoms with E-state index < -0.39 is 0 Å².